The standard InChI is InChI=1S/C18H15ClN4O4/c1-3-26-18(24)15-17(27-13-8-9-14(19)20-10-13)21-16(23-22-15)11-4-6-12(25-2)7-5-11/h4-10H,3H2,1-2H3. The first kappa shape index (κ1) is 18.5. The van der Waals surface area contributed by atoms with Gasteiger partial charge in [-0.25, -0.2) is 9.78 Å². The highest BCUT2D eigenvalue weighted by Crippen LogP contribution is 2.26. The van der Waals surface area contributed by atoms with Crippen molar-refractivity contribution < 1.29 is 19.0 Å². The lowest BCUT2D eigenvalue weighted by molar-refractivity contribution is 0.0514. The number of hydrogen-bond donors (Lipinski definition) is 0. The average molecular weight is 387 g/mol. The third kappa shape index (κ3) is 4.48. The predicted octanol–water partition coefficient (Wildman–Crippen LogP) is 3.56. The summed E-state index contributed by atoms with van der Waals surface area (Å²) in [5, 5.41) is 8.26. The number of esters is 1. The van der Waals surface area contributed by atoms with Crippen molar-refractivity contribution in [2.75, 3.05) is 13.7 Å². The van der Waals surface area contributed by atoms with Gasteiger partial charge >= 0.3 is 5.97 Å². The third-order valence-electron chi connectivity index (χ3n) is 3.39. The van der Waals surface area contributed by atoms with Crippen LogP contribution in [0.2, 0.25) is 5.15 Å². The highest BCUT2D eigenvalue weighted by Gasteiger charge is 2.21. The van der Waals surface area contributed by atoms with E-state index in [2.05, 4.69) is 20.2 Å². The quantitative estimate of drug-likeness (QED) is 0.468. The van der Waals surface area contributed by atoms with Gasteiger partial charge in [-0.3, -0.25) is 0 Å². The van der Waals surface area contributed by atoms with Crippen molar-refractivity contribution in [3.05, 3.63) is 53.4 Å². The second-order valence-corrected chi connectivity index (χ2v) is 5.54. The van der Waals surface area contributed by atoms with Gasteiger partial charge < -0.3 is 14.2 Å². The molecule has 0 aliphatic carbocycles. The van der Waals surface area contributed by atoms with Crippen LogP contribution in [-0.2, 0) is 4.74 Å². The lowest BCUT2D eigenvalue weighted by Crippen LogP contribution is -2.12. The molecule has 2 heterocycles. The van der Waals surface area contributed by atoms with Gasteiger partial charge in [0.15, 0.2) is 5.82 Å². The summed E-state index contributed by atoms with van der Waals surface area (Å²) in [6.07, 6.45) is 1.41. The predicted molar refractivity (Wildman–Crippen MR) is 97.1 cm³/mol. The van der Waals surface area contributed by atoms with Crippen molar-refractivity contribution in [1.82, 2.24) is 20.2 Å². The molecule has 0 aliphatic heterocycles. The minimum atomic E-state index is -0.685. The van der Waals surface area contributed by atoms with Gasteiger partial charge in [-0.2, -0.15) is 4.98 Å². The fourth-order valence-electron chi connectivity index (χ4n) is 2.11. The SMILES string of the molecule is CCOC(=O)c1nnc(-c2ccc(OC)cc2)nc1Oc1ccc(Cl)nc1. The molecule has 2 aromatic heterocycles. The van der Waals surface area contributed by atoms with E-state index in [1.165, 1.54) is 6.20 Å². The Balaban J connectivity index is 1.99. The summed E-state index contributed by atoms with van der Waals surface area (Å²) in [7, 11) is 1.58. The van der Waals surface area contributed by atoms with E-state index in [9.17, 15) is 4.79 Å². The summed E-state index contributed by atoms with van der Waals surface area (Å²) < 4.78 is 15.8. The van der Waals surface area contributed by atoms with Crippen LogP contribution in [0, 0.1) is 0 Å². The maximum absolute atomic E-state index is 12.1. The van der Waals surface area contributed by atoms with Gasteiger partial charge in [0, 0.05) is 5.56 Å². The summed E-state index contributed by atoms with van der Waals surface area (Å²) in [5.74, 6) is 0.585. The third-order valence-corrected chi connectivity index (χ3v) is 3.61. The largest absolute Gasteiger partial charge is 0.497 e. The van der Waals surface area contributed by atoms with Crippen molar-refractivity contribution in [3.8, 4) is 28.8 Å². The molecular weight excluding hydrogens is 372 g/mol. The Morgan fingerprint density at radius 2 is 1.81 bits per heavy atom. The van der Waals surface area contributed by atoms with Crippen LogP contribution in [0.4, 0.5) is 0 Å². The van der Waals surface area contributed by atoms with Gasteiger partial charge in [-0.1, -0.05) is 11.6 Å². The van der Waals surface area contributed by atoms with Crippen LogP contribution in [0.1, 0.15) is 17.4 Å². The molecule has 0 radical (unpaired) electrons. The molecule has 8 nitrogen and oxygen atoms in total. The highest BCUT2D eigenvalue weighted by atomic mass is 35.5. The fourth-order valence-corrected chi connectivity index (χ4v) is 2.22. The molecule has 0 saturated heterocycles. The average Bonchev–Trinajstić information content (AvgIpc) is 2.70. The van der Waals surface area contributed by atoms with Crippen molar-refractivity contribution >= 4 is 17.6 Å². The molecule has 3 rings (SSSR count). The number of carbonyl (C=O) groups excluding carboxylic acids is 1. The molecule has 27 heavy (non-hydrogen) atoms. The highest BCUT2D eigenvalue weighted by molar-refractivity contribution is 6.29. The molecule has 0 atom stereocenters. The second-order valence-electron chi connectivity index (χ2n) is 5.16. The van der Waals surface area contributed by atoms with E-state index >= 15 is 0 Å². The number of carbonyl (C=O) groups is 1. The minimum absolute atomic E-state index is 0.0432. The number of aromatic nitrogens is 4. The summed E-state index contributed by atoms with van der Waals surface area (Å²) in [4.78, 5) is 20.4. The first-order chi connectivity index (χ1) is 13.1. The lowest BCUT2D eigenvalue weighted by Gasteiger charge is -2.10. The maximum atomic E-state index is 12.1. The van der Waals surface area contributed by atoms with Crippen molar-refractivity contribution in [2.45, 2.75) is 6.92 Å². The summed E-state index contributed by atoms with van der Waals surface area (Å²) in [6.45, 7) is 1.87. The maximum Gasteiger partial charge on any atom is 0.364 e. The van der Waals surface area contributed by atoms with E-state index in [1.54, 1.807) is 50.4 Å². The molecule has 9 heteroatoms. The number of rotatable bonds is 6. The molecule has 0 saturated carbocycles. The van der Waals surface area contributed by atoms with Gasteiger partial charge in [-0.15, -0.1) is 10.2 Å². The number of methoxy groups -OCH3 is 1. The number of nitrogens with zero attached hydrogens (tertiary/aromatic N) is 4. The smallest absolute Gasteiger partial charge is 0.364 e. The molecule has 0 aliphatic rings. The van der Waals surface area contributed by atoms with E-state index in [1.807, 2.05) is 0 Å². The molecule has 0 N–H and O–H groups in total. The Bertz CT molecular complexity index is 933. The Kier molecular flexibility index (Phi) is 5.77. The van der Waals surface area contributed by atoms with Crippen LogP contribution in [0.25, 0.3) is 11.4 Å². The number of halogens is 1. The summed E-state index contributed by atoms with van der Waals surface area (Å²) in [5.41, 5.74) is 0.543. The van der Waals surface area contributed by atoms with E-state index in [4.69, 9.17) is 25.8 Å². The molecule has 0 spiro atoms. The molecule has 0 fully saturated rings. The fraction of sp³-hybridized carbons (Fsp3) is 0.167. The lowest BCUT2D eigenvalue weighted by atomic mass is 10.2. The van der Waals surface area contributed by atoms with Crippen LogP contribution in [0.15, 0.2) is 42.6 Å². The van der Waals surface area contributed by atoms with Crippen LogP contribution in [0.3, 0.4) is 0 Å². The van der Waals surface area contributed by atoms with E-state index in [0.717, 1.165) is 0 Å². The molecular formula is C18H15ClN4O4. The van der Waals surface area contributed by atoms with E-state index < -0.39 is 5.97 Å². The van der Waals surface area contributed by atoms with Crippen molar-refractivity contribution in [2.24, 2.45) is 0 Å². The van der Waals surface area contributed by atoms with Crippen LogP contribution in [-0.4, -0.2) is 39.9 Å². The molecule has 138 valence electrons. The van der Waals surface area contributed by atoms with Gasteiger partial charge in [0.05, 0.1) is 19.9 Å². The normalized spacial score (nSPS) is 10.3. The van der Waals surface area contributed by atoms with E-state index in [-0.39, 0.29) is 24.0 Å². The van der Waals surface area contributed by atoms with Gasteiger partial charge in [0.25, 0.3) is 5.88 Å². The molecule has 0 bridgehead atoms. The van der Waals surface area contributed by atoms with Gasteiger partial charge in [0.2, 0.25) is 5.69 Å². The number of benzene rings is 1. The first-order valence-electron chi connectivity index (χ1n) is 7.96. The van der Waals surface area contributed by atoms with Gasteiger partial charge in [-0.05, 0) is 43.3 Å². The zero-order chi connectivity index (χ0) is 19.2. The second kappa shape index (κ2) is 8.41. The molecule has 3 aromatic rings. The van der Waals surface area contributed by atoms with Crippen LogP contribution in [0.5, 0.6) is 17.4 Å². The first-order valence-corrected chi connectivity index (χ1v) is 8.34. The van der Waals surface area contributed by atoms with Crippen molar-refractivity contribution in [3.63, 3.8) is 0 Å². The van der Waals surface area contributed by atoms with E-state index in [0.29, 0.717) is 22.2 Å². The Hall–Kier alpha value is -3.26. The van der Waals surface area contributed by atoms with Crippen LogP contribution >= 0.6 is 11.6 Å². The number of pyridine rings is 1. The Morgan fingerprint density at radius 1 is 1.07 bits per heavy atom. The number of hydrogen-bond acceptors (Lipinski definition) is 8. The number of ether oxygens (including phenoxy) is 3. The zero-order valence-corrected chi connectivity index (χ0v) is 15.3. The Morgan fingerprint density at radius 3 is 2.44 bits per heavy atom. The van der Waals surface area contributed by atoms with Crippen molar-refractivity contribution in [1.29, 1.82) is 0 Å². The van der Waals surface area contributed by atoms with Crippen LogP contribution < -0.4 is 9.47 Å². The Labute approximate surface area is 160 Å². The minimum Gasteiger partial charge on any atom is -0.497 e. The molecule has 0 amide bonds. The summed E-state index contributed by atoms with van der Waals surface area (Å²) >= 11 is 5.78. The molecule has 0 unspecified atom stereocenters. The molecule has 1 aromatic carbocycles. The monoisotopic (exact) mass is 386 g/mol. The van der Waals surface area contributed by atoms with Gasteiger partial charge in [0.1, 0.15) is 16.7 Å². The topological polar surface area (TPSA) is 96.3 Å². The zero-order valence-electron chi connectivity index (χ0n) is 14.5. The summed E-state index contributed by atoms with van der Waals surface area (Å²) in [6, 6.07) is 10.2.